The van der Waals surface area contributed by atoms with E-state index < -0.39 is 0 Å². The summed E-state index contributed by atoms with van der Waals surface area (Å²) in [4.78, 5) is 8.26. The van der Waals surface area contributed by atoms with Gasteiger partial charge in [0.1, 0.15) is 5.82 Å². The van der Waals surface area contributed by atoms with Crippen molar-refractivity contribution in [1.29, 1.82) is 0 Å². The van der Waals surface area contributed by atoms with Crippen LogP contribution in [0.4, 0.5) is 5.82 Å². The summed E-state index contributed by atoms with van der Waals surface area (Å²) in [6, 6.07) is 9.69. The van der Waals surface area contributed by atoms with Crippen LogP contribution in [-0.2, 0) is 5.75 Å². The molecular formula is C11H11N3S. The van der Waals surface area contributed by atoms with E-state index in [2.05, 4.69) is 9.97 Å². The van der Waals surface area contributed by atoms with E-state index in [0.717, 1.165) is 16.3 Å². The van der Waals surface area contributed by atoms with E-state index in [0.29, 0.717) is 5.82 Å². The summed E-state index contributed by atoms with van der Waals surface area (Å²) in [5.41, 5.74) is 6.66. The highest BCUT2D eigenvalue weighted by atomic mass is 32.2. The molecule has 76 valence electrons. The molecule has 0 amide bonds. The van der Waals surface area contributed by atoms with Gasteiger partial charge in [0.25, 0.3) is 0 Å². The Morgan fingerprint density at radius 1 is 1.13 bits per heavy atom. The highest BCUT2D eigenvalue weighted by molar-refractivity contribution is 7.98. The van der Waals surface area contributed by atoms with E-state index in [4.69, 9.17) is 5.73 Å². The monoisotopic (exact) mass is 217 g/mol. The van der Waals surface area contributed by atoms with Gasteiger partial charge in [0.05, 0.1) is 5.03 Å². The first-order chi connectivity index (χ1) is 7.34. The fourth-order valence-electron chi connectivity index (χ4n) is 1.11. The second-order valence-corrected chi connectivity index (χ2v) is 4.04. The predicted molar refractivity (Wildman–Crippen MR) is 62.4 cm³/mol. The van der Waals surface area contributed by atoms with Crippen LogP contribution in [0, 0.1) is 0 Å². The van der Waals surface area contributed by atoms with E-state index >= 15 is 0 Å². The maximum absolute atomic E-state index is 5.50. The Morgan fingerprint density at radius 2 is 2.07 bits per heavy atom. The minimum Gasteiger partial charge on any atom is -0.384 e. The highest BCUT2D eigenvalue weighted by Crippen LogP contribution is 2.19. The fourth-order valence-corrected chi connectivity index (χ4v) is 1.91. The van der Waals surface area contributed by atoms with Gasteiger partial charge in [0.15, 0.2) is 0 Å². The minimum atomic E-state index is 0.557. The molecule has 0 aromatic carbocycles. The molecule has 0 radical (unpaired) electrons. The van der Waals surface area contributed by atoms with Crippen LogP contribution in [0.25, 0.3) is 0 Å². The van der Waals surface area contributed by atoms with Crippen LogP contribution in [0.15, 0.2) is 47.8 Å². The summed E-state index contributed by atoms with van der Waals surface area (Å²) in [5, 5.41) is 1.02. The van der Waals surface area contributed by atoms with E-state index in [-0.39, 0.29) is 0 Å². The average Bonchev–Trinajstić information content (AvgIpc) is 2.30. The molecule has 3 nitrogen and oxygen atoms in total. The lowest BCUT2D eigenvalue weighted by atomic mass is 10.3. The van der Waals surface area contributed by atoms with Crippen molar-refractivity contribution in [2.24, 2.45) is 0 Å². The van der Waals surface area contributed by atoms with Gasteiger partial charge in [-0.2, -0.15) is 0 Å². The zero-order chi connectivity index (χ0) is 10.5. The number of anilines is 1. The molecule has 2 N–H and O–H groups in total. The number of pyridine rings is 2. The highest BCUT2D eigenvalue weighted by Gasteiger charge is 1.96. The van der Waals surface area contributed by atoms with Crippen molar-refractivity contribution in [2.45, 2.75) is 10.8 Å². The number of hydrogen-bond acceptors (Lipinski definition) is 4. The molecule has 15 heavy (non-hydrogen) atoms. The lowest BCUT2D eigenvalue weighted by Gasteiger charge is -2.00. The first kappa shape index (κ1) is 9.98. The minimum absolute atomic E-state index is 0.557. The largest absolute Gasteiger partial charge is 0.384 e. The van der Waals surface area contributed by atoms with Crippen LogP contribution in [0.5, 0.6) is 0 Å². The topological polar surface area (TPSA) is 51.8 Å². The van der Waals surface area contributed by atoms with Crippen molar-refractivity contribution in [3.8, 4) is 0 Å². The molecular weight excluding hydrogens is 206 g/mol. The third-order valence-corrected chi connectivity index (χ3v) is 2.89. The summed E-state index contributed by atoms with van der Waals surface area (Å²) < 4.78 is 0. The van der Waals surface area contributed by atoms with Crippen molar-refractivity contribution >= 4 is 17.6 Å². The smallest absolute Gasteiger partial charge is 0.123 e. The Morgan fingerprint density at radius 3 is 2.73 bits per heavy atom. The molecule has 0 atom stereocenters. The lowest BCUT2D eigenvalue weighted by Crippen LogP contribution is -1.90. The molecule has 0 saturated carbocycles. The van der Waals surface area contributed by atoms with Crippen LogP contribution >= 0.6 is 11.8 Å². The quantitative estimate of drug-likeness (QED) is 0.802. The third kappa shape index (κ3) is 2.95. The molecule has 2 aromatic heterocycles. The molecule has 0 unspecified atom stereocenters. The number of thioether (sulfide) groups is 1. The van der Waals surface area contributed by atoms with E-state index in [1.54, 1.807) is 24.2 Å². The molecule has 0 spiro atoms. The SMILES string of the molecule is Nc1ccc(CSc2ccccn2)cn1. The molecule has 4 heteroatoms. The standard InChI is InChI=1S/C11H11N3S/c12-10-5-4-9(7-14-10)8-15-11-3-1-2-6-13-11/h1-7H,8H2,(H2,12,14). The van der Waals surface area contributed by atoms with Gasteiger partial charge in [0, 0.05) is 18.1 Å². The van der Waals surface area contributed by atoms with Crippen molar-refractivity contribution in [3.63, 3.8) is 0 Å². The van der Waals surface area contributed by atoms with Crippen LogP contribution in [0.2, 0.25) is 0 Å². The Balaban J connectivity index is 1.96. The average molecular weight is 217 g/mol. The summed E-state index contributed by atoms with van der Waals surface area (Å²) >= 11 is 1.69. The number of aromatic nitrogens is 2. The van der Waals surface area contributed by atoms with Gasteiger partial charge >= 0.3 is 0 Å². The zero-order valence-electron chi connectivity index (χ0n) is 8.13. The van der Waals surface area contributed by atoms with Crippen LogP contribution in [-0.4, -0.2) is 9.97 Å². The van der Waals surface area contributed by atoms with Crippen molar-refractivity contribution < 1.29 is 0 Å². The van der Waals surface area contributed by atoms with Crippen LogP contribution in [0.3, 0.4) is 0 Å². The van der Waals surface area contributed by atoms with Gasteiger partial charge in [-0.25, -0.2) is 9.97 Å². The maximum atomic E-state index is 5.50. The first-order valence-corrected chi connectivity index (χ1v) is 5.57. The Labute approximate surface area is 92.8 Å². The Bertz CT molecular complexity index is 414. The molecule has 2 aromatic rings. The number of nitrogen functional groups attached to an aromatic ring is 1. The number of nitrogens with zero attached hydrogens (tertiary/aromatic N) is 2. The number of rotatable bonds is 3. The van der Waals surface area contributed by atoms with Crippen molar-refractivity contribution in [3.05, 3.63) is 48.3 Å². The molecule has 0 fully saturated rings. The predicted octanol–water partition coefficient (Wildman–Crippen LogP) is 2.35. The number of nitrogens with two attached hydrogens (primary N) is 1. The summed E-state index contributed by atoms with van der Waals surface area (Å²) in [7, 11) is 0. The second-order valence-electron chi connectivity index (χ2n) is 3.05. The van der Waals surface area contributed by atoms with Crippen LogP contribution in [0.1, 0.15) is 5.56 Å². The van der Waals surface area contributed by atoms with Gasteiger partial charge in [0.2, 0.25) is 0 Å². The third-order valence-electron chi connectivity index (χ3n) is 1.87. The Hall–Kier alpha value is -1.55. The summed E-state index contributed by atoms with van der Waals surface area (Å²) in [6.07, 6.45) is 3.59. The number of hydrogen-bond donors (Lipinski definition) is 1. The molecule has 0 aliphatic rings. The first-order valence-electron chi connectivity index (χ1n) is 4.59. The van der Waals surface area contributed by atoms with Gasteiger partial charge in [-0.1, -0.05) is 12.1 Å². The second kappa shape index (κ2) is 4.79. The van der Waals surface area contributed by atoms with Crippen molar-refractivity contribution in [2.75, 3.05) is 5.73 Å². The van der Waals surface area contributed by atoms with Gasteiger partial charge < -0.3 is 5.73 Å². The fraction of sp³-hybridized carbons (Fsp3) is 0.0909. The summed E-state index contributed by atoms with van der Waals surface area (Å²) in [5.74, 6) is 1.42. The molecule has 0 bridgehead atoms. The molecule has 0 aliphatic carbocycles. The summed E-state index contributed by atoms with van der Waals surface area (Å²) in [6.45, 7) is 0. The van der Waals surface area contributed by atoms with E-state index in [1.165, 1.54) is 0 Å². The zero-order valence-corrected chi connectivity index (χ0v) is 8.95. The molecule has 2 rings (SSSR count). The normalized spacial score (nSPS) is 10.1. The molecule has 0 aliphatic heterocycles. The van der Waals surface area contributed by atoms with Crippen molar-refractivity contribution in [1.82, 2.24) is 9.97 Å². The van der Waals surface area contributed by atoms with E-state index in [9.17, 15) is 0 Å². The Kier molecular flexibility index (Phi) is 3.19. The van der Waals surface area contributed by atoms with E-state index in [1.807, 2.05) is 30.3 Å². The van der Waals surface area contributed by atoms with Gasteiger partial charge in [-0.05, 0) is 23.8 Å². The van der Waals surface area contributed by atoms with Gasteiger partial charge in [-0.3, -0.25) is 0 Å². The lowest BCUT2D eigenvalue weighted by molar-refractivity contribution is 1.13. The van der Waals surface area contributed by atoms with Crippen LogP contribution < -0.4 is 5.73 Å². The van der Waals surface area contributed by atoms with Gasteiger partial charge in [-0.15, -0.1) is 11.8 Å². The molecule has 2 heterocycles. The molecule has 0 saturated heterocycles. The maximum Gasteiger partial charge on any atom is 0.123 e.